The van der Waals surface area contributed by atoms with Crippen molar-refractivity contribution < 1.29 is 13.2 Å². The molecule has 0 fully saturated rings. The van der Waals surface area contributed by atoms with Crippen LogP contribution in [0.2, 0.25) is 0 Å². The van der Waals surface area contributed by atoms with Crippen LogP contribution in [0.1, 0.15) is 55.0 Å². The second-order valence-corrected chi connectivity index (χ2v) is 11.0. The Bertz CT molecular complexity index is 1110. The molecule has 0 aliphatic heterocycles. The van der Waals surface area contributed by atoms with E-state index in [0.717, 1.165) is 55.3 Å². The van der Waals surface area contributed by atoms with Crippen molar-refractivity contribution >= 4 is 27.6 Å². The van der Waals surface area contributed by atoms with Gasteiger partial charge in [-0.2, -0.15) is 13.5 Å². The zero-order valence-electron chi connectivity index (χ0n) is 19.9. The van der Waals surface area contributed by atoms with Crippen LogP contribution in [0, 0.1) is 0 Å². The number of amides is 2. The molecular formula is C23H34N6O3S. The fourth-order valence-electron chi connectivity index (χ4n) is 4.70. The highest BCUT2D eigenvalue weighted by Gasteiger charge is 2.29. The van der Waals surface area contributed by atoms with Crippen LogP contribution in [-0.2, 0) is 35.9 Å². The van der Waals surface area contributed by atoms with Crippen LogP contribution in [-0.4, -0.2) is 56.3 Å². The van der Waals surface area contributed by atoms with Gasteiger partial charge in [0.2, 0.25) is 0 Å². The molecule has 2 aromatic rings. The summed E-state index contributed by atoms with van der Waals surface area (Å²) in [7, 11) is -0.392. The Morgan fingerprint density at radius 3 is 2.27 bits per heavy atom. The minimum absolute atomic E-state index is 0.0932. The largest absolute Gasteiger partial charge is 0.334 e. The Labute approximate surface area is 196 Å². The molecule has 0 radical (unpaired) electrons. The molecule has 2 N–H and O–H groups in total. The summed E-state index contributed by atoms with van der Waals surface area (Å²) < 4.78 is 31.7. The zero-order valence-corrected chi connectivity index (χ0v) is 20.7. The van der Waals surface area contributed by atoms with E-state index in [-0.39, 0.29) is 12.6 Å². The lowest BCUT2D eigenvalue weighted by molar-refractivity contribution is 0.256. The van der Waals surface area contributed by atoms with Crippen LogP contribution in [0.5, 0.6) is 0 Å². The van der Waals surface area contributed by atoms with Gasteiger partial charge in [0.25, 0.3) is 0 Å². The number of hydrogen-bond acceptors (Lipinski definition) is 5. The molecule has 2 aliphatic rings. The van der Waals surface area contributed by atoms with Crippen molar-refractivity contribution in [3.63, 3.8) is 0 Å². The Kier molecular flexibility index (Phi) is 6.67. The molecule has 0 spiro atoms. The van der Waals surface area contributed by atoms with Gasteiger partial charge in [-0.15, -0.1) is 0 Å². The fraction of sp³-hybridized carbons (Fsp3) is 0.565. The maximum absolute atomic E-state index is 13.3. The van der Waals surface area contributed by atoms with Crippen molar-refractivity contribution in [1.29, 1.82) is 0 Å². The molecule has 2 aliphatic carbocycles. The lowest BCUT2D eigenvalue weighted by Crippen LogP contribution is -2.47. The number of aromatic nitrogens is 2. The molecule has 0 atom stereocenters. The molecule has 0 saturated carbocycles. The van der Waals surface area contributed by atoms with Crippen LogP contribution >= 0.6 is 0 Å². The molecule has 1 aromatic heterocycles. The van der Waals surface area contributed by atoms with Crippen molar-refractivity contribution in [3.8, 4) is 0 Å². The third-order valence-electron chi connectivity index (χ3n) is 6.38. The third kappa shape index (κ3) is 5.01. The number of rotatable bonds is 8. The SMILES string of the molecule is CC(C)n1cc(N(CCN(C)C)S(=O)(=O)NC(=O)Nc2c3c(cc4c2CCC4)CCC3)cn1. The van der Waals surface area contributed by atoms with Crippen LogP contribution in [0.3, 0.4) is 0 Å². The van der Waals surface area contributed by atoms with E-state index in [1.165, 1.54) is 21.6 Å². The van der Waals surface area contributed by atoms with Gasteiger partial charge >= 0.3 is 16.2 Å². The van der Waals surface area contributed by atoms with E-state index >= 15 is 0 Å². The normalized spacial score (nSPS) is 15.1. The smallest absolute Gasteiger partial charge is 0.308 e. The summed E-state index contributed by atoms with van der Waals surface area (Å²) in [6, 6.07) is 1.64. The summed E-state index contributed by atoms with van der Waals surface area (Å²) in [4.78, 5) is 14.9. The van der Waals surface area contributed by atoms with E-state index in [4.69, 9.17) is 0 Å². The summed E-state index contributed by atoms with van der Waals surface area (Å²) in [5.74, 6) is 0. The van der Waals surface area contributed by atoms with Gasteiger partial charge in [-0.25, -0.2) is 13.8 Å². The molecule has 10 heteroatoms. The second kappa shape index (κ2) is 9.34. The Hall–Kier alpha value is -2.59. The number of likely N-dealkylation sites (N-methyl/N-ethyl adjacent to an activating group) is 1. The van der Waals surface area contributed by atoms with E-state index in [0.29, 0.717) is 12.2 Å². The molecule has 0 bridgehead atoms. The highest BCUT2D eigenvalue weighted by molar-refractivity contribution is 7.91. The van der Waals surface area contributed by atoms with E-state index in [1.54, 1.807) is 10.9 Å². The number of carbonyl (C=O) groups is 1. The maximum Gasteiger partial charge on any atom is 0.334 e. The van der Waals surface area contributed by atoms with Crippen molar-refractivity contribution in [3.05, 3.63) is 40.7 Å². The Morgan fingerprint density at radius 1 is 1.09 bits per heavy atom. The van der Waals surface area contributed by atoms with Gasteiger partial charge in [0.15, 0.2) is 0 Å². The maximum atomic E-state index is 13.3. The molecule has 1 heterocycles. The van der Waals surface area contributed by atoms with Crippen LogP contribution < -0.4 is 14.3 Å². The highest BCUT2D eigenvalue weighted by Crippen LogP contribution is 2.38. The van der Waals surface area contributed by atoms with Gasteiger partial charge in [0.05, 0.1) is 11.9 Å². The topological polar surface area (TPSA) is 99.6 Å². The molecule has 0 saturated heterocycles. The highest BCUT2D eigenvalue weighted by atomic mass is 32.2. The molecule has 9 nitrogen and oxygen atoms in total. The molecule has 4 rings (SSSR count). The number of aryl methyl sites for hydroxylation is 2. The van der Waals surface area contributed by atoms with E-state index in [9.17, 15) is 13.2 Å². The first-order valence-corrected chi connectivity index (χ1v) is 13.1. The number of fused-ring (bicyclic) bond motifs is 2. The van der Waals surface area contributed by atoms with Gasteiger partial charge in [-0.1, -0.05) is 6.07 Å². The first-order chi connectivity index (χ1) is 15.7. The van der Waals surface area contributed by atoms with Gasteiger partial charge in [-0.05, 0) is 88.7 Å². The lowest BCUT2D eigenvalue weighted by atomic mass is 9.99. The van der Waals surface area contributed by atoms with Crippen molar-refractivity contribution in [2.45, 2.75) is 58.4 Å². The molecule has 1 aromatic carbocycles. The van der Waals surface area contributed by atoms with E-state index in [1.807, 2.05) is 32.8 Å². The summed E-state index contributed by atoms with van der Waals surface area (Å²) in [5.41, 5.74) is 6.12. The molecule has 0 unspecified atom stereocenters. The monoisotopic (exact) mass is 474 g/mol. The number of benzene rings is 1. The third-order valence-corrected chi connectivity index (χ3v) is 7.80. The number of anilines is 2. The average molecular weight is 475 g/mol. The molecule has 180 valence electrons. The lowest BCUT2D eigenvalue weighted by Gasteiger charge is -2.25. The van der Waals surface area contributed by atoms with E-state index in [2.05, 4.69) is 21.2 Å². The minimum atomic E-state index is -4.14. The zero-order chi connectivity index (χ0) is 23.8. The number of nitrogens with one attached hydrogen (secondary N) is 2. The summed E-state index contributed by atoms with van der Waals surface area (Å²) in [6.45, 7) is 4.63. The van der Waals surface area contributed by atoms with Crippen LogP contribution in [0.25, 0.3) is 0 Å². The average Bonchev–Trinajstić information content (AvgIpc) is 3.47. The second-order valence-electron chi connectivity index (χ2n) is 9.44. The molecule has 2 amide bonds. The van der Waals surface area contributed by atoms with Crippen LogP contribution in [0.4, 0.5) is 16.2 Å². The number of urea groups is 1. The number of hydrogen-bond donors (Lipinski definition) is 2. The van der Waals surface area contributed by atoms with Crippen molar-refractivity contribution in [2.24, 2.45) is 0 Å². The summed E-state index contributed by atoms with van der Waals surface area (Å²) in [6.07, 6.45) is 9.17. The predicted molar refractivity (Wildman–Crippen MR) is 130 cm³/mol. The minimum Gasteiger partial charge on any atom is -0.308 e. The van der Waals surface area contributed by atoms with Crippen LogP contribution in [0.15, 0.2) is 18.5 Å². The Balaban J connectivity index is 1.57. The quantitative estimate of drug-likeness (QED) is 0.613. The first kappa shape index (κ1) is 23.6. The number of nitrogens with zero attached hydrogens (tertiary/aromatic N) is 4. The first-order valence-electron chi connectivity index (χ1n) is 11.6. The van der Waals surface area contributed by atoms with Crippen molar-refractivity contribution in [2.75, 3.05) is 36.8 Å². The summed E-state index contributed by atoms with van der Waals surface area (Å²) in [5, 5.41) is 7.18. The molecule has 33 heavy (non-hydrogen) atoms. The van der Waals surface area contributed by atoms with Gasteiger partial charge < -0.3 is 10.2 Å². The predicted octanol–water partition coefficient (Wildman–Crippen LogP) is 2.88. The van der Waals surface area contributed by atoms with Crippen molar-refractivity contribution in [1.82, 2.24) is 19.4 Å². The Morgan fingerprint density at radius 2 is 1.73 bits per heavy atom. The van der Waals surface area contributed by atoms with E-state index < -0.39 is 16.2 Å². The molecular weight excluding hydrogens is 440 g/mol. The number of carbonyl (C=O) groups excluding carboxylic acids is 1. The standard InChI is InChI=1S/C23H34N6O3S/c1-16(2)28-15-19(14-24-28)29(12-11-27(3)4)33(31,32)26-23(30)25-22-20-9-5-7-17(20)13-18-8-6-10-21(18)22/h13-16H,5-12H2,1-4H3,(H2,25,26,30). The fourth-order valence-corrected chi connectivity index (χ4v) is 5.79. The van der Waals surface area contributed by atoms with Gasteiger partial charge in [-0.3, -0.25) is 4.68 Å². The van der Waals surface area contributed by atoms with Gasteiger partial charge in [0.1, 0.15) is 0 Å². The summed E-state index contributed by atoms with van der Waals surface area (Å²) >= 11 is 0. The van der Waals surface area contributed by atoms with Gasteiger partial charge in [0, 0.05) is 31.0 Å².